The summed E-state index contributed by atoms with van der Waals surface area (Å²) in [6.45, 7) is 3.69. The molecule has 2 aromatic heterocycles. The van der Waals surface area contributed by atoms with Crippen molar-refractivity contribution in [1.82, 2.24) is 19.9 Å². The number of aromatic amines is 1. The summed E-state index contributed by atoms with van der Waals surface area (Å²) in [7, 11) is 0. The molecule has 0 bridgehead atoms. The Kier molecular flexibility index (Phi) is 4.28. The molecule has 3 heterocycles. The number of nitrogens with two attached hydrogens (primary N) is 1. The van der Waals surface area contributed by atoms with Crippen LogP contribution in [0.5, 0.6) is 0 Å². The minimum atomic E-state index is -0.627. The molecule has 1 aliphatic heterocycles. The van der Waals surface area contributed by atoms with E-state index in [1.54, 1.807) is 6.20 Å². The van der Waals surface area contributed by atoms with Crippen LogP contribution in [0.1, 0.15) is 19.8 Å². The lowest BCUT2D eigenvalue weighted by atomic mass is 9.91. The molecular formula is C17H18F2N6S. The number of nitrogens with one attached hydrogen (secondary N) is 1. The summed E-state index contributed by atoms with van der Waals surface area (Å²) in [5, 5.41) is 0.495. The quantitative estimate of drug-likeness (QED) is 0.731. The molecule has 0 amide bonds. The third kappa shape index (κ3) is 3.49. The number of piperidine rings is 1. The molecule has 3 N–H and O–H groups in total. The highest BCUT2D eigenvalue weighted by molar-refractivity contribution is 7.99. The van der Waals surface area contributed by atoms with Crippen LogP contribution in [-0.2, 0) is 0 Å². The normalized spacial score (nSPS) is 17.0. The molecule has 1 fully saturated rings. The van der Waals surface area contributed by atoms with Gasteiger partial charge >= 0.3 is 0 Å². The van der Waals surface area contributed by atoms with Crippen LogP contribution in [-0.4, -0.2) is 38.6 Å². The van der Waals surface area contributed by atoms with Gasteiger partial charge in [-0.3, -0.25) is 0 Å². The zero-order chi connectivity index (χ0) is 18.3. The molecule has 1 saturated heterocycles. The van der Waals surface area contributed by atoms with Gasteiger partial charge < -0.3 is 15.6 Å². The number of anilines is 1. The average Bonchev–Trinajstić information content (AvgIpc) is 3.00. The van der Waals surface area contributed by atoms with Crippen molar-refractivity contribution in [2.45, 2.75) is 35.2 Å². The minimum Gasteiger partial charge on any atom is -0.342 e. The number of nitrogens with zero attached hydrogens (tertiary/aromatic N) is 4. The predicted molar refractivity (Wildman–Crippen MR) is 96.2 cm³/mol. The summed E-state index contributed by atoms with van der Waals surface area (Å²) in [5.41, 5.74) is 7.07. The highest BCUT2D eigenvalue weighted by Crippen LogP contribution is 2.30. The van der Waals surface area contributed by atoms with Gasteiger partial charge in [-0.1, -0.05) is 11.8 Å². The largest absolute Gasteiger partial charge is 0.342 e. The standard InChI is InChI=1S/C17H18F2N6S/c1-17(20)4-6-25(7-5-17)16-23-14-15(24-16)22-13(9-21-14)26-12-3-2-10(18)8-11(12)19/h2-3,8-9H,4-7,20H2,1H3,(H,21,22,23,24). The van der Waals surface area contributed by atoms with Crippen molar-refractivity contribution >= 4 is 29.0 Å². The average molecular weight is 376 g/mol. The Morgan fingerprint density at radius 2 is 2.00 bits per heavy atom. The summed E-state index contributed by atoms with van der Waals surface area (Å²) in [6.07, 6.45) is 3.32. The lowest BCUT2D eigenvalue weighted by molar-refractivity contribution is 0.362. The van der Waals surface area contributed by atoms with Gasteiger partial charge in [-0.05, 0) is 31.9 Å². The van der Waals surface area contributed by atoms with E-state index in [0.29, 0.717) is 22.3 Å². The number of rotatable bonds is 3. The summed E-state index contributed by atoms with van der Waals surface area (Å²) in [4.78, 5) is 18.8. The van der Waals surface area contributed by atoms with Gasteiger partial charge in [-0.15, -0.1) is 0 Å². The number of aromatic nitrogens is 4. The second kappa shape index (κ2) is 6.48. The van der Waals surface area contributed by atoms with Crippen molar-refractivity contribution < 1.29 is 8.78 Å². The van der Waals surface area contributed by atoms with Crippen molar-refractivity contribution in [1.29, 1.82) is 0 Å². The van der Waals surface area contributed by atoms with Gasteiger partial charge in [0.15, 0.2) is 11.3 Å². The van der Waals surface area contributed by atoms with Crippen LogP contribution < -0.4 is 10.6 Å². The van der Waals surface area contributed by atoms with Crippen LogP contribution >= 0.6 is 11.8 Å². The maximum absolute atomic E-state index is 13.8. The van der Waals surface area contributed by atoms with Gasteiger partial charge in [-0.25, -0.2) is 18.7 Å². The fourth-order valence-corrected chi connectivity index (χ4v) is 3.62. The van der Waals surface area contributed by atoms with Crippen molar-refractivity contribution in [3.05, 3.63) is 36.0 Å². The SMILES string of the molecule is CC1(N)CCN(c2nc3nc(Sc4ccc(F)cc4F)cnc3[nH]2)CC1. The lowest BCUT2D eigenvalue weighted by Crippen LogP contribution is -2.48. The second-order valence-electron chi connectivity index (χ2n) is 6.76. The van der Waals surface area contributed by atoms with Crippen LogP contribution in [0.3, 0.4) is 0 Å². The molecule has 0 aliphatic carbocycles. The fourth-order valence-electron chi connectivity index (χ4n) is 2.86. The van der Waals surface area contributed by atoms with E-state index in [9.17, 15) is 8.78 Å². The molecule has 1 aromatic carbocycles. The number of benzene rings is 1. The molecular weight excluding hydrogens is 358 g/mol. The highest BCUT2D eigenvalue weighted by Gasteiger charge is 2.27. The van der Waals surface area contributed by atoms with E-state index in [1.165, 1.54) is 12.1 Å². The molecule has 3 aromatic rings. The van der Waals surface area contributed by atoms with Crippen LogP contribution in [0.2, 0.25) is 0 Å². The zero-order valence-electron chi connectivity index (χ0n) is 14.2. The monoisotopic (exact) mass is 376 g/mol. The third-order valence-corrected chi connectivity index (χ3v) is 5.44. The van der Waals surface area contributed by atoms with Crippen LogP contribution in [0.15, 0.2) is 34.3 Å². The summed E-state index contributed by atoms with van der Waals surface area (Å²) < 4.78 is 26.8. The molecule has 26 heavy (non-hydrogen) atoms. The molecule has 1 aliphatic rings. The van der Waals surface area contributed by atoms with Gasteiger partial charge in [0.25, 0.3) is 0 Å². The van der Waals surface area contributed by atoms with Gasteiger partial charge in [-0.2, -0.15) is 4.98 Å². The predicted octanol–water partition coefficient (Wildman–Crippen LogP) is 3.10. The lowest BCUT2D eigenvalue weighted by Gasteiger charge is -2.36. The van der Waals surface area contributed by atoms with Crippen LogP contribution in [0.4, 0.5) is 14.7 Å². The van der Waals surface area contributed by atoms with Crippen LogP contribution in [0.25, 0.3) is 11.3 Å². The summed E-state index contributed by atoms with van der Waals surface area (Å²) >= 11 is 1.08. The van der Waals surface area contributed by atoms with Gasteiger partial charge in [0.1, 0.15) is 16.7 Å². The Morgan fingerprint density at radius 1 is 1.23 bits per heavy atom. The first-order valence-corrected chi connectivity index (χ1v) is 9.11. The van der Waals surface area contributed by atoms with E-state index in [2.05, 4.69) is 31.8 Å². The first kappa shape index (κ1) is 17.2. The van der Waals surface area contributed by atoms with Gasteiger partial charge in [0, 0.05) is 29.6 Å². The molecule has 0 spiro atoms. The smallest absolute Gasteiger partial charge is 0.206 e. The summed E-state index contributed by atoms with van der Waals surface area (Å²) in [5.74, 6) is -0.524. The highest BCUT2D eigenvalue weighted by atomic mass is 32.2. The van der Waals surface area contributed by atoms with E-state index < -0.39 is 11.6 Å². The second-order valence-corrected chi connectivity index (χ2v) is 7.82. The maximum Gasteiger partial charge on any atom is 0.206 e. The fraction of sp³-hybridized carbons (Fsp3) is 0.353. The number of H-pyrrole nitrogens is 1. The number of halogens is 2. The number of hydrogen-bond acceptors (Lipinski definition) is 6. The topological polar surface area (TPSA) is 83.7 Å². The van der Waals surface area contributed by atoms with Gasteiger partial charge in [0.05, 0.1) is 6.20 Å². The third-order valence-electron chi connectivity index (χ3n) is 4.49. The van der Waals surface area contributed by atoms with E-state index in [-0.39, 0.29) is 10.4 Å². The molecule has 0 saturated carbocycles. The number of fused-ring (bicyclic) bond motifs is 1. The molecule has 0 unspecified atom stereocenters. The Morgan fingerprint density at radius 3 is 2.73 bits per heavy atom. The minimum absolute atomic E-state index is 0.137. The molecule has 4 rings (SSSR count). The van der Waals surface area contributed by atoms with Gasteiger partial charge in [0.2, 0.25) is 5.95 Å². The Balaban J connectivity index is 1.56. The van der Waals surface area contributed by atoms with E-state index >= 15 is 0 Å². The number of imidazole rings is 1. The molecule has 136 valence electrons. The van der Waals surface area contributed by atoms with Crippen molar-refractivity contribution in [3.8, 4) is 0 Å². The van der Waals surface area contributed by atoms with Crippen molar-refractivity contribution in [2.24, 2.45) is 5.73 Å². The first-order chi connectivity index (χ1) is 12.4. The van der Waals surface area contributed by atoms with E-state index in [0.717, 1.165) is 43.8 Å². The Labute approximate surface area is 153 Å². The molecule has 9 heteroatoms. The Hall–Kier alpha value is -2.26. The maximum atomic E-state index is 13.8. The molecule has 0 atom stereocenters. The van der Waals surface area contributed by atoms with Crippen molar-refractivity contribution in [3.63, 3.8) is 0 Å². The zero-order valence-corrected chi connectivity index (χ0v) is 15.0. The van der Waals surface area contributed by atoms with Crippen molar-refractivity contribution in [2.75, 3.05) is 18.0 Å². The van der Waals surface area contributed by atoms with E-state index in [4.69, 9.17) is 5.73 Å². The Bertz CT molecular complexity index is 948. The first-order valence-electron chi connectivity index (χ1n) is 8.29. The summed E-state index contributed by atoms with van der Waals surface area (Å²) in [6, 6.07) is 3.45. The van der Waals surface area contributed by atoms with Crippen LogP contribution in [0, 0.1) is 11.6 Å². The molecule has 6 nitrogen and oxygen atoms in total. The number of hydrogen-bond donors (Lipinski definition) is 2. The van der Waals surface area contributed by atoms with E-state index in [1.807, 2.05) is 0 Å². The molecule has 0 radical (unpaired) electrons.